The second-order valence-corrected chi connectivity index (χ2v) is 8.82. The van der Waals surface area contributed by atoms with Crippen LogP contribution in [0.25, 0.3) is 44.5 Å². The summed E-state index contributed by atoms with van der Waals surface area (Å²) in [6, 6.07) is 34.8. The second-order valence-electron chi connectivity index (χ2n) is 8.82. The molecule has 3 aromatic carbocycles. The molecular weight excluding hydrogens is 621 g/mol. The van der Waals surface area contributed by atoms with Crippen LogP contribution in [0.2, 0.25) is 0 Å². The molecule has 0 N–H and O–H groups in total. The van der Waals surface area contributed by atoms with E-state index >= 15 is 0 Å². The van der Waals surface area contributed by atoms with Gasteiger partial charge in [-0.05, 0) is 41.9 Å². The van der Waals surface area contributed by atoms with E-state index in [2.05, 4.69) is 60.2 Å². The first-order valence-electron chi connectivity index (χ1n) is 11.8. The van der Waals surface area contributed by atoms with Gasteiger partial charge in [-0.3, -0.25) is 0 Å². The number of para-hydroxylation sites is 1. The van der Waals surface area contributed by atoms with E-state index in [-0.39, 0.29) is 20.1 Å². The molecule has 0 unspecified atom stereocenters. The van der Waals surface area contributed by atoms with E-state index in [4.69, 9.17) is 4.42 Å². The molecule has 4 heteroatoms. The molecule has 3 aromatic heterocycles. The molecule has 0 saturated carbocycles. The van der Waals surface area contributed by atoms with Crippen LogP contribution >= 0.6 is 0 Å². The van der Waals surface area contributed by atoms with E-state index in [1.807, 2.05) is 80.0 Å². The van der Waals surface area contributed by atoms with Crippen LogP contribution in [0.1, 0.15) is 30.9 Å². The Labute approximate surface area is 225 Å². The first kappa shape index (κ1) is 25.5. The smallest absolute Gasteiger partial charge is 0.120 e. The first-order valence-corrected chi connectivity index (χ1v) is 11.8. The van der Waals surface area contributed by atoms with Crippen LogP contribution < -0.4 is 0 Å². The summed E-state index contributed by atoms with van der Waals surface area (Å²) in [4.78, 5) is 8.80. The van der Waals surface area contributed by atoms with Gasteiger partial charge in [-0.1, -0.05) is 67.3 Å². The number of hydrogen-bond acceptors (Lipinski definition) is 3. The quantitative estimate of drug-likeness (QED) is 0.181. The molecule has 0 aliphatic rings. The Morgan fingerprint density at radius 1 is 0.778 bits per heavy atom. The van der Waals surface area contributed by atoms with Crippen molar-refractivity contribution in [2.45, 2.75) is 26.7 Å². The number of nitrogens with zero attached hydrogens (tertiary/aromatic N) is 2. The second kappa shape index (κ2) is 11.4. The van der Waals surface area contributed by atoms with Gasteiger partial charge in [0.05, 0.1) is 5.58 Å². The van der Waals surface area contributed by atoms with Crippen molar-refractivity contribution < 1.29 is 24.5 Å². The Morgan fingerprint density at radius 2 is 1.58 bits per heavy atom. The van der Waals surface area contributed by atoms with Crippen molar-refractivity contribution in [2.24, 2.45) is 0 Å². The molecule has 0 bridgehead atoms. The summed E-state index contributed by atoms with van der Waals surface area (Å²) in [6.45, 7) is 6.41. The molecule has 0 amide bonds. The summed E-state index contributed by atoms with van der Waals surface area (Å²) in [5.74, 6) is 0.544. The Balaban J connectivity index is 0.000000172. The predicted octanol–water partition coefficient (Wildman–Crippen LogP) is 8.43. The van der Waals surface area contributed by atoms with E-state index in [9.17, 15) is 0 Å². The molecular formula is C32H26IrN2O-2. The van der Waals surface area contributed by atoms with Crippen molar-refractivity contribution in [1.29, 1.82) is 0 Å². The number of aryl methyl sites for hydroxylation is 1. The number of pyridine rings is 2. The van der Waals surface area contributed by atoms with Crippen LogP contribution in [0.4, 0.5) is 0 Å². The molecule has 6 rings (SSSR count). The zero-order valence-corrected chi connectivity index (χ0v) is 22.8. The van der Waals surface area contributed by atoms with E-state index in [1.54, 1.807) is 0 Å². The van der Waals surface area contributed by atoms with Crippen LogP contribution in [0.3, 0.4) is 0 Å². The van der Waals surface area contributed by atoms with Gasteiger partial charge in [0.15, 0.2) is 0 Å². The summed E-state index contributed by atoms with van der Waals surface area (Å²) in [6.07, 6.45) is 3.68. The Bertz CT molecular complexity index is 1570. The van der Waals surface area contributed by atoms with E-state index in [0.29, 0.717) is 5.92 Å². The van der Waals surface area contributed by atoms with Gasteiger partial charge in [0.1, 0.15) is 5.58 Å². The van der Waals surface area contributed by atoms with Crippen LogP contribution in [-0.4, -0.2) is 9.97 Å². The van der Waals surface area contributed by atoms with Crippen molar-refractivity contribution in [3.8, 4) is 22.5 Å². The van der Waals surface area contributed by atoms with E-state index < -0.39 is 0 Å². The molecule has 1 radical (unpaired) electrons. The van der Waals surface area contributed by atoms with Gasteiger partial charge in [0, 0.05) is 37.9 Å². The third kappa shape index (κ3) is 5.46. The maximum Gasteiger partial charge on any atom is 0.120 e. The molecule has 0 spiro atoms. The minimum absolute atomic E-state index is 0. The summed E-state index contributed by atoms with van der Waals surface area (Å²) in [5, 5.41) is 2.24. The summed E-state index contributed by atoms with van der Waals surface area (Å²) in [5.41, 5.74) is 8.08. The van der Waals surface area contributed by atoms with Gasteiger partial charge < -0.3 is 14.4 Å². The molecule has 0 saturated heterocycles. The standard InChI is InChI=1S/C18H12NO.C14H14N.Ir/c1-12-9-10-16(19-11-12)15-7-4-6-14-13-5-2-3-8-17(13)20-18(14)15;1-11(2)12-6-5-7-13(10-12)14-8-3-4-9-15-14;/h2-6,8-11H,1H3;3-6,8-11H,1-2H3;/q2*-1;. The van der Waals surface area contributed by atoms with Crippen LogP contribution in [0.15, 0.2) is 102 Å². The average Bonchev–Trinajstić information content (AvgIpc) is 3.29. The summed E-state index contributed by atoms with van der Waals surface area (Å²) >= 11 is 0. The van der Waals surface area contributed by atoms with Crippen molar-refractivity contribution in [3.05, 3.63) is 121 Å². The number of hydrogen-bond donors (Lipinski definition) is 0. The van der Waals surface area contributed by atoms with Gasteiger partial charge in [-0.2, -0.15) is 0 Å². The van der Waals surface area contributed by atoms with Gasteiger partial charge >= 0.3 is 0 Å². The van der Waals surface area contributed by atoms with Gasteiger partial charge in [-0.15, -0.1) is 53.6 Å². The van der Waals surface area contributed by atoms with Crippen molar-refractivity contribution in [2.75, 3.05) is 0 Å². The Kier molecular flexibility index (Phi) is 8.10. The van der Waals surface area contributed by atoms with Crippen molar-refractivity contribution in [3.63, 3.8) is 0 Å². The molecule has 0 atom stereocenters. The molecule has 36 heavy (non-hydrogen) atoms. The SMILES string of the molecule is CC(C)c1cc[c-]c(-c2ccccn2)c1.Cc1ccc(-c2[c-]ccc3c2oc2ccccc23)nc1.[Ir]. The van der Waals surface area contributed by atoms with Gasteiger partial charge in [-0.25, -0.2) is 0 Å². The minimum Gasteiger partial charge on any atom is -0.501 e. The Morgan fingerprint density at radius 3 is 2.33 bits per heavy atom. The maximum atomic E-state index is 6.00. The summed E-state index contributed by atoms with van der Waals surface area (Å²) in [7, 11) is 0. The number of aromatic nitrogens is 2. The van der Waals surface area contributed by atoms with Crippen LogP contribution in [-0.2, 0) is 20.1 Å². The van der Waals surface area contributed by atoms with Crippen molar-refractivity contribution >= 4 is 21.9 Å². The fraction of sp³-hybridized carbons (Fsp3) is 0.125. The number of benzene rings is 3. The normalized spacial score (nSPS) is 10.7. The largest absolute Gasteiger partial charge is 0.501 e. The van der Waals surface area contributed by atoms with Crippen LogP contribution in [0, 0.1) is 19.1 Å². The average molecular weight is 647 g/mol. The molecule has 0 fully saturated rings. The zero-order valence-electron chi connectivity index (χ0n) is 20.5. The van der Waals surface area contributed by atoms with E-state index in [1.165, 1.54) is 5.56 Å². The first-order chi connectivity index (χ1) is 17.1. The fourth-order valence-electron chi connectivity index (χ4n) is 4.01. The zero-order chi connectivity index (χ0) is 24.2. The third-order valence-corrected chi connectivity index (χ3v) is 5.94. The monoisotopic (exact) mass is 647 g/mol. The van der Waals surface area contributed by atoms with E-state index in [0.717, 1.165) is 50.0 Å². The Hall–Kier alpha value is -3.59. The molecule has 3 heterocycles. The minimum atomic E-state index is 0. The topological polar surface area (TPSA) is 38.9 Å². The number of fused-ring (bicyclic) bond motifs is 3. The molecule has 0 aliphatic heterocycles. The molecule has 0 aliphatic carbocycles. The predicted molar refractivity (Wildman–Crippen MR) is 143 cm³/mol. The number of furan rings is 1. The molecule has 3 nitrogen and oxygen atoms in total. The van der Waals surface area contributed by atoms with Gasteiger partial charge in [0.2, 0.25) is 0 Å². The number of rotatable bonds is 3. The molecule has 181 valence electrons. The van der Waals surface area contributed by atoms with Crippen molar-refractivity contribution in [1.82, 2.24) is 9.97 Å². The van der Waals surface area contributed by atoms with Crippen LogP contribution in [0.5, 0.6) is 0 Å². The summed E-state index contributed by atoms with van der Waals surface area (Å²) < 4.78 is 6.00. The third-order valence-electron chi connectivity index (χ3n) is 5.94. The molecule has 6 aromatic rings. The van der Waals surface area contributed by atoms with Gasteiger partial charge in [0.25, 0.3) is 0 Å². The fourth-order valence-corrected chi connectivity index (χ4v) is 4.01. The maximum absolute atomic E-state index is 6.00.